The van der Waals surface area contributed by atoms with E-state index in [1.165, 1.54) is 22.3 Å². The first-order valence-corrected chi connectivity index (χ1v) is 8.36. The van der Waals surface area contributed by atoms with Crippen LogP contribution in [-0.2, 0) is 9.53 Å². The molecule has 2 nitrogen and oxygen atoms in total. The average molecular weight is 300 g/mol. The molecular formula is C20H28O2. The zero-order chi connectivity index (χ0) is 16.1. The maximum Gasteiger partial charge on any atom is 0.334 e. The molecule has 0 aromatic rings. The minimum Gasteiger partial charge on any atom is -0.450 e. The Morgan fingerprint density at radius 2 is 1.45 bits per heavy atom. The van der Waals surface area contributed by atoms with Crippen molar-refractivity contribution in [2.45, 2.75) is 72.3 Å². The van der Waals surface area contributed by atoms with Crippen molar-refractivity contribution in [1.29, 1.82) is 0 Å². The van der Waals surface area contributed by atoms with Crippen molar-refractivity contribution in [1.82, 2.24) is 0 Å². The molecule has 1 atom stereocenters. The summed E-state index contributed by atoms with van der Waals surface area (Å²) >= 11 is 0. The first-order valence-electron chi connectivity index (χ1n) is 8.36. The quantitative estimate of drug-likeness (QED) is 0.441. The molecular weight excluding hydrogens is 272 g/mol. The summed E-state index contributed by atoms with van der Waals surface area (Å²) in [5, 5.41) is 0. The molecule has 22 heavy (non-hydrogen) atoms. The number of hydrogen-bond acceptors (Lipinski definition) is 2. The number of hydrogen-bond donors (Lipinski definition) is 0. The van der Waals surface area contributed by atoms with Gasteiger partial charge in [-0.2, -0.15) is 0 Å². The minimum atomic E-state index is -0.147. The normalized spacial score (nSPS) is 31.9. The van der Waals surface area contributed by atoms with E-state index < -0.39 is 0 Å². The second-order valence-electron chi connectivity index (χ2n) is 6.67. The fourth-order valence-electron chi connectivity index (χ4n) is 3.05. The molecule has 1 aliphatic carbocycles. The smallest absolute Gasteiger partial charge is 0.334 e. The van der Waals surface area contributed by atoms with E-state index in [4.69, 9.17) is 4.74 Å². The Morgan fingerprint density at radius 3 is 2.14 bits per heavy atom. The SMILES string of the molecule is CC1=C2CC/C(C)=C/CC/C(C)=C/CC/C(C)=C/C2OC1=O. The summed E-state index contributed by atoms with van der Waals surface area (Å²) in [7, 11) is 0. The van der Waals surface area contributed by atoms with Crippen molar-refractivity contribution in [3.63, 3.8) is 0 Å². The van der Waals surface area contributed by atoms with Gasteiger partial charge in [-0.15, -0.1) is 0 Å². The van der Waals surface area contributed by atoms with Gasteiger partial charge in [-0.1, -0.05) is 28.9 Å². The summed E-state index contributed by atoms with van der Waals surface area (Å²) in [6.07, 6.45) is 13.0. The third-order valence-corrected chi connectivity index (χ3v) is 4.65. The molecule has 0 saturated heterocycles. The number of allylic oxidation sites excluding steroid dienone is 5. The summed E-state index contributed by atoms with van der Waals surface area (Å²) in [6, 6.07) is 0. The molecule has 0 fully saturated rings. The molecule has 0 aromatic heterocycles. The molecule has 0 amide bonds. The third-order valence-electron chi connectivity index (χ3n) is 4.65. The van der Waals surface area contributed by atoms with Crippen LogP contribution in [0.1, 0.15) is 66.2 Å². The first kappa shape index (κ1) is 16.8. The number of esters is 1. The predicted octanol–water partition coefficient (Wildman–Crippen LogP) is 5.42. The van der Waals surface area contributed by atoms with E-state index in [-0.39, 0.29) is 12.1 Å². The molecule has 0 spiro atoms. The van der Waals surface area contributed by atoms with Gasteiger partial charge in [0.05, 0.1) is 0 Å². The van der Waals surface area contributed by atoms with Gasteiger partial charge in [0.2, 0.25) is 0 Å². The molecule has 0 N–H and O–H groups in total. The van der Waals surface area contributed by atoms with Crippen molar-refractivity contribution in [2.24, 2.45) is 0 Å². The van der Waals surface area contributed by atoms with Crippen LogP contribution in [-0.4, -0.2) is 12.1 Å². The van der Waals surface area contributed by atoms with E-state index in [1.807, 2.05) is 6.92 Å². The lowest BCUT2D eigenvalue weighted by atomic mass is 9.95. The highest BCUT2D eigenvalue weighted by molar-refractivity contribution is 5.92. The lowest BCUT2D eigenvalue weighted by Gasteiger charge is -2.13. The zero-order valence-electron chi connectivity index (χ0n) is 14.4. The van der Waals surface area contributed by atoms with Crippen LogP contribution in [0.25, 0.3) is 0 Å². The van der Waals surface area contributed by atoms with Gasteiger partial charge in [-0.05, 0) is 77.9 Å². The standard InChI is InChI=1S/C20H28O2/c1-14-7-5-9-15(2)11-12-18-17(4)20(21)22-19(18)13-16(3)10-6-8-14/h8-9,13,19H,5-7,10-12H2,1-4H3/b14-8+,15-9+,16-13+. The van der Waals surface area contributed by atoms with Gasteiger partial charge in [0.1, 0.15) is 6.10 Å². The van der Waals surface area contributed by atoms with Crippen LogP contribution in [0.4, 0.5) is 0 Å². The van der Waals surface area contributed by atoms with E-state index in [0.717, 1.165) is 44.1 Å². The van der Waals surface area contributed by atoms with Crippen LogP contribution in [0.2, 0.25) is 0 Å². The Morgan fingerprint density at radius 1 is 0.864 bits per heavy atom. The van der Waals surface area contributed by atoms with Gasteiger partial charge in [-0.3, -0.25) is 0 Å². The number of fused-ring (bicyclic) bond motifs is 1. The number of ether oxygens (including phenoxy) is 1. The van der Waals surface area contributed by atoms with Gasteiger partial charge in [0, 0.05) is 5.57 Å². The maximum absolute atomic E-state index is 11.9. The van der Waals surface area contributed by atoms with Crippen LogP contribution >= 0.6 is 0 Å². The molecule has 2 heteroatoms. The molecule has 2 aliphatic rings. The monoisotopic (exact) mass is 300 g/mol. The lowest BCUT2D eigenvalue weighted by molar-refractivity contribution is -0.138. The van der Waals surface area contributed by atoms with E-state index in [0.29, 0.717) is 0 Å². The lowest BCUT2D eigenvalue weighted by Crippen LogP contribution is -2.09. The van der Waals surface area contributed by atoms with Crippen molar-refractivity contribution < 1.29 is 9.53 Å². The van der Waals surface area contributed by atoms with Crippen LogP contribution in [0.5, 0.6) is 0 Å². The van der Waals surface area contributed by atoms with Crippen molar-refractivity contribution in [3.05, 3.63) is 46.1 Å². The van der Waals surface area contributed by atoms with Crippen molar-refractivity contribution in [2.75, 3.05) is 0 Å². The zero-order valence-corrected chi connectivity index (χ0v) is 14.4. The van der Waals surface area contributed by atoms with Gasteiger partial charge in [0.15, 0.2) is 0 Å². The first-order chi connectivity index (χ1) is 10.5. The topological polar surface area (TPSA) is 26.3 Å². The third kappa shape index (κ3) is 4.46. The highest BCUT2D eigenvalue weighted by Crippen LogP contribution is 2.30. The van der Waals surface area contributed by atoms with E-state index in [9.17, 15) is 4.79 Å². The van der Waals surface area contributed by atoms with Gasteiger partial charge in [0.25, 0.3) is 0 Å². The van der Waals surface area contributed by atoms with Crippen molar-refractivity contribution >= 4 is 5.97 Å². The fraction of sp³-hybridized carbons (Fsp3) is 0.550. The van der Waals surface area contributed by atoms with Gasteiger partial charge >= 0.3 is 5.97 Å². The minimum absolute atomic E-state index is 0.145. The second kappa shape index (κ2) is 7.62. The molecule has 0 radical (unpaired) electrons. The number of rotatable bonds is 0. The van der Waals surface area contributed by atoms with Gasteiger partial charge < -0.3 is 4.74 Å². The molecule has 1 unspecified atom stereocenters. The highest BCUT2D eigenvalue weighted by atomic mass is 16.5. The second-order valence-corrected chi connectivity index (χ2v) is 6.67. The Hall–Kier alpha value is -1.57. The summed E-state index contributed by atoms with van der Waals surface area (Å²) in [6.45, 7) is 8.44. The molecule has 0 aromatic carbocycles. The highest BCUT2D eigenvalue weighted by Gasteiger charge is 2.29. The molecule has 2 rings (SSSR count). The summed E-state index contributed by atoms with van der Waals surface area (Å²) in [5.41, 5.74) is 6.16. The number of carbonyl (C=O) groups excluding carboxylic acids is 1. The molecule has 120 valence electrons. The van der Waals surface area contributed by atoms with Crippen LogP contribution in [0, 0.1) is 0 Å². The Bertz CT molecular complexity index is 558. The Labute approximate surface area is 134 Å². The average Bonchev–Trinajstić information content (AvgIpc) is 2.71. The van der Waals surface area contributed by atoms with Gasteiger partial charge in [-0.25, -0.2) is 4.79 Å². The molecule has 1 heterocycles. The maximum atomic E-state index is 11.9. The Balaban J connectivity index is 2.24. The largest absolute Gasteiger partial charge is 0.450 e. The molecule has 1 aliphatic heterocycles. The number of carbonyl (C=O) groups is 1. The summed E-state index contributed by atoms with van der Waals surface area (Å²) in [4.78, 5) is 11.9. The summed E-state index contributed by atoms with van der Waals surface area (Å²) in [5.74, 6) is -0.147. The van der Waals surface area contributed by atoms with E-state index >= 15 is 0 Å². The Kier molecular flexibility index (Phi) is 5.82. The predicted molar refractivity (Wildman–Crippen MR) is 91.6 cm³/mol. The molecule has 0 saturated carbocycles. The van der Waals surface area contributed by atoms with E-state index in [2.05, 4.69) is 39.0 Å². The van der Waals surface area contributed by atoms with Crippen LogP contribution in [0.15, 0.2) is 46.1 Å². The molecule has 0 bridgehead atoms. The van der Waals surface area contributed by atoms with Crippen LogP contribution in [0.3, 0.4) is 0 Å². The van der Waals surface area contributed by atoms with Crippen LogP contribution < -0.4 is 0 Å². The summed E-state index contributed by atoms with van der Waals surface area (Å²) < 4.78 is 5.54. The fourth-order valence-corrected chi connectivity index (χ4v) is 3.05. The van der Waals surface area contributed by atoms with Crippen molar-refractivity contribution in [3.8, 4) is 0 Å². The van der Waals surface area contributed by atoms with E-state index in [1.54, 1.807) is 0 Å².